The summed E-state index contributed by atoms with van der Waals surface area (Å²) in [5.74, 6) is 0.871. The molecule has 90 valence electrons. The van der Waals surface area contributed by atoms with Gasteiger partial charge in [0, 0.05) is 10.9 Å². The molecule has 0 saturated carbocycles. The third-order valence-electron chi connectivity index (χ3n) is 2.69. The predicted octanol–water partition coefficient (Wildman–Crippen LogP) is 3.86. The van der Waals surface area contributed by atoms with Gasteiger partial charge in [0.2, 0.25) is 5.28 Å². The predicted molar refractivity (Wildman–Crippen MR) is 72.9 cm³/mol. The molecule has 5 heteroatoms. The topological polar surface area (TPSA) is 30.7 Å². The van der Waals surface area contributed by atoms with Crippen molar-refractivity contribution < 1.29 is 0 Å². The molecule has 1 aromatic heterocycles. The molecule has 0 aliphatic rings. The summed E-state index contributed by atoms with van der Waals surface area (Å²) in [6.45, 7) is 6.16. The minimum Gasteiger partial charge on any atom is -0.270 e. The Labute approximate surface area is 114 Å². The lowest BCUT2D eigenvalue weighted by molar-refractivity contribution is 0.881. The standard InChI is InChI=1S/C12H13BrClN3/c1-4-10-15-16-12(14)17(10)9-5-7(2)11(13)8(3)6-9/h5-6H,4H2,1-3H3. The van der Waals surface area contributed by atoms with Crippen molar-refractivity contribution in [3.63, 3.8) is 0 Å². The SMILES string of the molecule is CCc1nnc(Cl)n1-c1cc(C)c(Br)c(C)c1. The van der Waals surface area contributed by atoms with Crippen LogP contribution in [0.4, 0.5) is 0 Å². The van der Waals surface area contributed by atoms with Gasteiger partial charge in [-0.25, -0.2) is 0 Å². The van der Waals surface area contributed by atoms with Crippen LogP contribution >= 0.6 is 27.5 Å². The van der Waals surface area contributed by atoms with Crippen molar-refractivity contribution in [1.82, 2.24) is 14.8 Å². The zero-order chi connectivity index (χ0) is 12.6. The van der Waals surface area contributed by atoms with Crippen LogP contribution in [0.15, 0.2) is 16.6 Å². The average molecular weight is 315 g/mol. The minimum atomic E-state index is 0.406. The van der Waals surface area contributed by atoms with Gasteiger partial charge >= 0.3 is 0 Å². The van der Waals surface area contributed by atoms with Crippen LogP contribution in [0, 0.1) is 13.8 Å². The Balaban J connectivity index is 2.64. The normalized spacial score (nSPS) is 10.9. The van der Waals surface area contributed by atoms with Crippen molar-refractivity contribution in [3.8, 4) is 5.69 Å². The van der Waals surface area contributed by atoms with Crippen molar-refractivity contribution in [2.24, 2.45) is 0 Å². The maximum absolute atomic E-state index is 6.08. The van der Waals surface area contributed by atoms with Gasteiger partial charge in [-0.3, -0.25) is 4.57 Å². The summed E-state index contributed by atoms with van der Waals surface area (Å²) in [6, 6.07) is 4.15. The molecule has 3 nitrogen and oxygen atoms in total. The third-order valence-corrected chi connectivity index (χ3v) is 4.18. The van der Waals surface area contributed by atoms with Crippen molar-refractivity contribution >= 4 is 27.5 Å². The van der Waals surface area contributed by atoms with Crippen molar-refractivity contribution in [1.29, 1.82) is 0 Å². The van der Waals surface area contributed by atoms with E-state index >= 15 is 0 Å². The van der Waals surface area contributed by atoms with Gasteiger partial charge in [0.1, 0.15) is 5.82 Å². The molecule has 0 aliphatic heterocycles. The first-order valence-electron chi connectivity index (χ1n) is 5.41. The van der Waals surface area contributed by atoms with Crippen molar-refractivity contribution in [3.05, 3.63) is 38.8 Å². The first-order valence-corrected chi connectivity index (χ1v) is 6.58. The smallest absolute Gasteiger partial charge is 0.229 e. The van der Waals surface area contributed by atoms with Gasteiger partial charge < -0.3 is 0 Å². The Kier molecular flexibility index (Phi) is 3.54. The van der Waals surface area contributed by atoms with Crippen LogP contribution < -0.4 is 0 Å². The summed E-state index contributed by atoms with van der Waals surface area (Å²) in [6.07, 6.45) is 0.799. The molecule has 0 atom stereocenters. The zero-order valence-electron chi connectivity index (χ0n) is 9.96. The Bertz CT molecular complexity index is 540. The highest BCUT2D eigenvalue weighted by Gasteiger charge is 2.12. The lowest BCUT2D eigenvalue weighted by atomic mass is 10.1. The number of benzene rings is 1. The van der Waals surface area contributed by atoms with Crippen molar-refractivity contribution in [2.45, 2.75) is 27.2 Å². The van der Waals surface area contributed by atoms with E-state index in [1.54, 1.807) is 0 Å². The molecule has 0 unspecified atom stereocenters. The molecule has 2 rings (SSSR count). The lowest BCUT2D eigenvalue weighted by Crippen LogP contribution is -2.01. The second-order valence-corrected chi connectivity index (χ2v) is 5.10. The molecular weight excluding hydrogens is 302 g/mol. The van der Waals surface area contributed by atoms with E-state index in [2.05, 4.69) is 52.1 Å². The monoisotopic (exact) mass is 313 g/mol. The summed E-state index contributed by atoms with van der Waals surface area (Å²) in [5.41, 5.74) is 3.36. The summed E-state index contributed by atoms with van der Waals surface area (Å²) in [7, 11) is 0. The van der Waals surface area contributed by atoms with E-state index in [0.717, 1.165) is 22.4 Å². The van der Waals surface area contributed by atoms with Crippen LogP contribution in [-0.2, 0) is 6.42 Å². The maximum Gasteiger partial charge on any atom is 0.229 e. The molecule has 17 heavy (non-hydrogen) atoms. The average Bonchev–Trinajstić information content (AvgIpc) is 2.66. The first kappa shape index (κ1) is 12.6. The van der Waals surface area contributed by atoms with Crippen LogP contribution in [0.1, 0.15) is 23.9 Å². The van der Waals surface area contributed by atoms with E-state index in [9.17, 15) is 0 Å². The Morgan fingerprint density at radius 2 is 1.82 bits per heavy atom. The van der Waals surface area contributed by atoms with Gasteiger partial charge in [0.05, 0.1) is 5.69 Å². The van der Waals surface area contributed by atoms with Crippen LogP contribution in [-0.4, -0.2) is 14.8 Å². The number of nitrogens with zero attached hydrogens (tertiary/aromatic N) is 3. The van der Waals surface area contributed by atoms with Crippen molar-refractivity contribution in [2.75, 3.05) is 0 Å². The van der Waals surface area contributed by atoms with Crippen LogP contribution in [0.2, 0.25) is 5.28 Å². The molecule has 2 aromatic rings. The van der Waals surface area contributed by atoms with Crippen LogP contribution in [0.3, 0.4) is 0 Å². The quantitative estimate of drug-likeness (QED) is 0.842. The highest BCUT2D eigenvalue weighted by Crippen LogP contribution is 2.26. The Morgan fingerprint density at radius 3 is 2.35 bits per heavy atom. The largest absolute Gasteiger partial charge is 0.270 e. The fourth-order valence-corrected chi connectivity index (χ4v) is 2.29. The number of aryl methyl sites for hydroxylation is 3. The van der Waals surface area contributed by atoms with Gasteiger partial charge in [-0.15, -0.1) is 10.2 Å². The van der Waals surface area contributed by atoms with Gasteiger partial charge in [0.25, 0.3) is 0 Å². The first-order chi connectivity index (χ1) is 8.04. The molecule has 0 bridgehead atoms. The number of hydrogen-bond acceptors (Lipinski definition) is 2. The maximum atomic E-state index is 6.08. The van der Waals surface area contributed by atoms with E-state index in [0.29, 0.717) is 5.28 Å². The summed E-state index contributed by atoms with van der Waals surface area (Å²) < 4.78 is 3.01. The van der Waals surface area contributed by atoms with Gasteiger partial charge in [0.15, 0.2) is 0 Å². The second-order valence-electron chi connectivity index (χ2n) is 3.97. The molecule has 0 N–H and O–H groups in total. The fourth-order valence-electron chi connectivity index (χ4n) is 1.83. The Hall–Kier alpha value is -0.870. The zero-order valence-corrected chi connectivity index (χ0v) is 12.3. The summed E-state index contributed by atoms with van der Waals surface area (Å²) >= 11 is 9.64. The Morgan fingerprint density at radius 1 is 1.24 bits per heavy atom. The van der Waals surface area contributed by atoms with E-state index in [1.807, 2.05) is 11.5 Å². The van der Waals surface area contributed by atoms with E-state index < -0.39 is 0 Å². The van der Waals surface area contributed by atoms with Gasteiger partial charge in [-0.2, -0.15) is 0 Å². The number of aromatic nitrogens is 3. The van der Waals surface area contributed by atoms with Crippen LogP contribution in [0.25, 0.3) is 5.69 Å². The number of hydrogen-bond donors (Lipinski definition) is 0. The molecule has 0 amide bonds. The summed E-state index contributed by atoms with van der Waals surface area (Å²) in [4.78, 5) is 0. The molecule has 0 saturated heterocycles. The number of halogens is 2. The van der Waals surface area contributed by atoms with Gasteiger partial charge in [-0.05, 0) is 48.7 Å². The van der Waals surface area contributed by atoms with E-state index in [4.69, 9.17) is 11.6 Å². The van der Waals surface area contributed by atoms with Gasteiger partial charge in [-0.1, -0.05) is 22.9 Å². The molecule has 1 heterocycles. The third kappa shape index (κ3) is 2.24. The number of rotatable bonds is 2. The second kappa shape index (κ2) is 4.78. The summed E-state index contributed by atoms with van der Waals surface area (Å²) in [5, 5.41) is 8.38. The fraction of sp³-hybridized carbons (Fsp3) is 0.333. The van der Waals surface area contributed by atoms with Crippen LogP contribution in [0.5, 0.6) is 0 Å². The molecular formula is C12H13BrClN3. The lowest BCUT2D eigenvalue weighted by Gasteiger charge is -2.11. The molecule has 0 aliphatic carbocycles. The van der Waals surface area contributed by atoms with E-state index in [1.165, 1.54) is 11.1 Å². The molecule has 1 aromatic carbocycles. The van der Waals surface area contributed by atoms with E-state index in [-0.39, 0.29) is 0 Å². The highest BCUT2D eigenvalue weighted by molar-refractivity contribution is 9.10. The highest BCUT2D eigenvalue weighted by atomic mass is 79.9. The molecule has 0 fully saturated rings. The molecule has 0 radical (unpaired) electrons. The minimum absolute atomic E-state index is 0.406. The molecule has 0 spiro atoms.